The van der Waals surface area contributed by atoms with Gasteiger partial charge in [0, 0.05) is 11.8 Å². The van der Waals surface area contributed by atoms with E-state index in [1.807, 2.05) is 6.92 Å². The summed E-state index contributed by atoms with van der Waals surface area (Å²) in [6.45, 7) is 6.41. The molecule has 1 N–H and O–H groups in total. The van der Waals surface area contributed by atoms with Gasteiger partial charge in [-0.15, -0.1) is 11.3 Å². The largest absolute Gasteiger partial charge is 0.392 e. The van der Waals surface area contributed by atoms with Crippen LogP contribution in [0.1, 0.15) is 37.4 Å². The van der Waals surface area contributed by atoms with E-state index in [1.165, 1.54) is 5.57 Å². The molecule has 0 bridgehead atoms. The Balaban J connectivity index is 1.96. The minimum Gasteiger partial charge on any atom is -0.392 e. The van der Waals surface area contributed by atoms with Crippen molar-refractivity contribution in [2.24, 2.45) is 11.8 Å². The zero-order valence-electron chi connectivity index (χ0n) is 10.8. The van der Waals surface area contributed by atoms with Crippen LogP contribution < -0.4 is 0 Å². The summed E-state index contributed by atoms with van der Waals surface area (Å²) >= 11 is 1.66. The number of hydrogen-bond donors (Lipinski definition) is 1. The normalized spacial score (nSPS) is 26.7. The molecular formula is C14H21NOS. The van der Waals surface area contributed by atoms with E-state index < -0.39 is 0 Å². The summed E-state index contributed by atoms with van der Waals surface area (Å²) in [5, 5.41) is 13.5. The molecule has 0 saturated carbocycles. The second-order valence-corrected chi connectivity index (χ2v) is 6.38. The molecule has 1 aliphatic rings. The van der Waals surface area contributed by atoms with Crippen molar-refractivity contribution in [2.45, 2.75) is 46.1 Å². The number of nitrogens with zero attached hydrogens (tertiary/aromatic N) is 1. The van der Waals surface area contributed by atoms with Crippen molar-refractivity contribution >= 4 is 11.3 Å². The molecule has 1 aliphatic carbocycles. The Morgan fingerprint density at radius 1 is 1.53 bits per heavy atom. The molecule has 0 fully saturated rings. The minimum absolute atomic E-state index is 0.248. The average Bonchev–Trinajstić information content (AvgIpc) is 2.62. The van der Waals surface area contributed by atoms with Gasteiger partial charge in [-0.25, -0.2) is 4.98 Å². The summed E-state index contributed by atoms with van der Waals surface area (Å²) < 4.78 is 0. The van der Waals surface area contributed by atoms with E-state index in [9.17, 15) is 5.11 Å². The number of aryl methyl sites for hydroxylation is 1. The van der Waals surface area contributed by atoms with Gasteiger partial charge in [-0.1, -0.05) is 18.6 Å². The Hall–Kier alpha value is -0.670. The van der Waals surface area contributed by atoms with Crippen molar-refractivity contribution in [2.75, 3.05) is 0 Å². The average molecular weight is 251 g/mol. The fraction of sp³-hybridized carbons (Fsp3) is 0.643. The number of aromatic nitrogens is 1. The van der Waals surface area contributed by atoms with Crippen molar-refractivity contribution in [3.63, 3.8) is 0 Å². The van der Waals surface area contributed by atoms with Crippen molar-refractivity contribution in [3.8, 4) is 0 Å². The van der Waals surface area contributed by atoms with Crippen molar-refractivity contribution in [3.05, 3.63) is 27.7 Å². The number of thiazole rings is 1. The molecule has 94 valence electrons. The molecule has 0 amide bonds. The molecule has 1 aromatic heterocycles. The predicted molar refractivity (Wildman–Crippen MR) is 72.2 cm³/mol. The van der Waals surface area contributed by atoms with Crippen LogP contribution in [0.4, 0.5) is 0 Å². The second-order valence-electron chi connectivity index (χ2n) is 5.32. The van der Waals surface area contributed by atoms with Crippen LogP contribution in [0.5, 0.6) is 0 Å². The third-order valence-corrected chi connectivity index (χ3v) is 4.28. The topological polar surface area (TPSA) is 33.1 Å². The van der Waals surface area contributed by atoms with E-state index in [0.717, 1.165) is 23.5 Å². The van der Waals surface area contributed by atoms with Gasteiger partial charge in [-0.3, -0.25) is 0 Å². The van der Waals surface area contributed by atoms with Gasteiger partial charge in [0.25, 0.3) is 0 Å². The van der Waals surface area contributed by atoms with Crippen molar-refractivity contribution in [1.29, 1.82) is 0 Å². The molecule has 3 atom stereocenters. The summed E-state index contributed by atoms with van der Waals surface area (Å²) in [6, 6.07) is 0. The van der Waals surface area contributed by atoms with E-state index >= 15 is 0 Å². The molecule has 3 unspecified atom stereocenters. The molecule has 0 spiro atoms. The van der Waals surface area contributed by atoms with Crippen LogP contribution in [0.3, 0.4) is 0 Å². The van der Waals surface area contributed by atoms with Crippen LogP contribution in [0.15, 0.2) is 17.0 Å². The van der Waals surface area contributed by atoms with E-state index in [-0.39, 0.29) is 6.10 Å². The Morgan fingerprint density at radius 3 is 2.88 bits per heavy atom. The number of aliphatic hydroxyl groups excluding tert-OH is 1. The monoisotopic (exact) mass is 251 g/mol. The minimum atomic E-state index is -0.248. The number of hydrogen-bond acceptors (Lipinski definition) is 3. The van der Waals surface area contributed by atoms with Crippen molar-refractivity contribution in [1.82, 2.24) is 4.98 Å². The summed E-state index contributed by atoms with van der Waals surface area (Å²) in [4.78, 5) is 4.43. The van der Waals surface area contributed by atoms with Crippen LogP contribution in [-0.2, 0) is 6.42 Å². The molecule has 0 radical (unpaired) electrons. The van der Waals surface area contributed by atoms with Gasteiger partial charge in [-0.2, -0.15) is 0 Å². The molecule has 0 aliphatic heterocycles. The Kier molecular flexibility index (Phi) is 4.00. The zero-order chi connectivity index (χ0) is 12.4. The second kappa shape index (κ2) is 5.32. The van der Waals surface area contributed by atoms with Gasteiger partial charge >= 0.3 is 0 Å². The van der Waals surface area contributed by atoms with Gasteiger partial charge in [0.15, 0.2) is 0 Å². The predicted octanol–water partition coefficient (Wildman–Crippen LogP) is 3.35. The number of rotatable bonds is 3. The zero-order valence-corrected chi connectivity index (χ0v) is 11.6. The van der Waals surface area contributed by atoms with E-state index in [4.69, 9.17) is 0 Å². The van der Waals surface area contributed by atoms with Crippen LogP contribution in [-0.4, -0.2) is 16.2 Å². The highest BCUT2D eigenvalue weighted by atomic mass is 32.1. The first kappa shape index (κ1) is 12.8. The first-order valence-electron chi connectivity index (χ1n) is 6.31. The first-order chi connectivity index (χ1) is 8.04. The molecular weight excluding hydrogens is 230 g/mol. The molecule has 2 nitrogen and oxygen atoms in total. The van der Waals surface area contributed by atoms with Crippen molar-refractivity contribution < 1.29 is 5.11 Å². The fourth-order valence-electron chi connectivity index (χ4n) is 2.77. The molecule has 1 heterocycles. The molecule has 3 heteroatoms. The quantitative estimate of drug-likeness (QED) is 0.836. The van der Waals surface area contributed by atoms with E-state index in [0.29, 0.717) is 18.3 Å². The summed E-state index contributed by atoms with van der Waals surface area (Å²) in [5.41, 5.74) is 2.46. The maximum atomic E-state index is 10.3. The summed E-state index contributed by atoms with van der Waals surface area (Å²) in [5.74, 6) is 0.998. The Bertz CT molecular complexity index is 410. The molecule has 0 saturated heterocycles. The summed E-state index contributed by atoms with van der Waals surface area (Å²) in [6.07, 6.45) is 4.92. The van der Waals surface area contributed by atoms with Crippen LogP contribution >= 0.6 is 11.3 Å². The Morgan fingerprint density at radius 2 is 2.29 bits per heavy atom. The highest BCUT2D eigenvalue weighted by Gasteiger charge is 2.25. The SMILES string of the molecule is CC1=CC(C)CC(C(O)Cc2csc(C)n2)C1. The molecule has 2 rings (SSSR count). The van der Waals surface area contributed by atoms with Crippen LogP contribution in [0.25, 0.3) is 0 Å². The maximum Gasteiger partial charge on any atom is 0.0897 e. The number of aliphatic hydroxyl groups is 1. The standard InChI is InChI=1S/C14H21NOS/c1-9-4-10(2)6-12(5-9)14(16)7-13-8-17-11(3)15-13/h4,8-9,12,14,16H,5-7H2,1-3H3. The maximum absolute atomic E-state index is 10.3. The number of allylic oxidation sites excluding steroid dienone is 2. The Labute approximate surface area is 107 Å². The lowest BCUT2D eigenvalue weighted by atomic mass is 9.79. The molecule has 1 aromatic rings. The van der Waals surface area contributed by atoms with E-state index in [2.05, 4.69) is 30.3 Å². The smallest absolute Gasteiger partial charge is 0.0897 e. The highest BCUT2D eigenvalue weighted by Crippen LogP contribution is 2.31. The third kappa shape index (κ3) is 3.39. The first-order valence-corrected chi connectivity index (χ1v) is 7.19. The van der Waals surface area contributed by atoms with Gasteiger partial charge in [0.1, 0.15) is 0 Å². The van der Waals surface area contributed by atoms with Crippen LogP contribution in [0, 0.1) is 18.8 Å². The van der Waals surface area contributed by atoms with Gasteiger partial charge in [0.2, 0.25) is 0 Å². The lowest BCUT2D eigenvalue weighted by molar-refractivity contribution is 0.0925. The third-order valence-electron chi connectivity index (χ3n) is 3.46. The van der Waals surface area contributed by atoms with Crippen LogP contribution in [0.2, 0.25) is 0 Å². The van der Waals surface area contributed by atoms with E-state index in [1.54, 1.807) is 11.3 Å². The molecule has 0 aromatic carbocycles. The lowest BCUT2D eigenvalue weighted by Gasteiger charge is -2.29. The van der Waals surface area contributed by atoms with Gasteiger partial charge in [-0.05, 0) is 38.5 Å². The lowest BCUT2D eigenvalue weighted by Crippen LogP contribution is -2.27. The molecule has 17 heavy (non-hydrogen) atoms. The fourth-order valence-corrected chi connectivity index (χ4v) is 3.40. The van der Waals surface area contributed by atoms with Gasteiger partial charge < -0.3 is 5.11 Å². The highest BCUT2D eigenvalue weighted by molar-refractivity contribution is 7.09. The van der Waals surface area contributed by atoms with Gasteiger partial charge in [0.05, 0.1) is 16.8 Å². The summed E-state index contributed by atoms with van der Waals surface area (Å²) in [7, 11) is 0.